The molecule has 0 spiro atoms. The molecule has 2 amide bonds. The van der Waals surface area contributed by atoms with Gasteiger partial charge in [0.2, 0.25) is 11.8 Å². The molecular formula is C20H19FN2O3. The highest BCUT2D eigenvalue weighted by Crippen LogP contribution is 2.33. The Bertz CT molecular complexity index is 868. The highest BCUT2D eigenvalue weighted by Gasteiger charge is 2.29. The number of para-hydroxylation sites is 1. The number of halogens is 1. The van der Waals surface area contributed by atoms with E-state index in [4.69, 9.17) is 4.74 Å². The molecule has 2 aliphatic heterocycles. The van der Waals surface area contributed by atoms with Crippen molar-refractivity contribution in [3.8, 4) is 5.75 Å². The fraction of sp³-hybridized carbons (Fsp3) is 0.300. The molecule has 0 saturated carbocycles. The number of fused-ring (bicyclic) bond motifs is 2. The van der Waals surface area contributed by atoms with Crippen LogP contribution in [0.3, 0.4) is 0 Å². The van der Waals surface area contributed by atoms with Crippen LogP contribution >= 0.6 is 0 Å². The van der Waals surface area contributed by atoms with Crippen LogP contribution in [0.15, 0.2) is 42.5 Å². The summed E-state index contributed by atoms with van der Waals surface area (Å²) in [7, 11) is 0. The third kappa shape index (κ3) is 3.14. The van der Waals surface area contributed by atoms with E-state index in [9.17, 15) is 14.0 Å². The largest absolute Gasteiger partial charge is 0.490 e. The van der Waals surface area contributed by atoms with Gasteiger partial charge in [-0.2, -0.15) is 0 Å². The highest BCUT2D eigenvalue weighted by molar-refractivity contribution is 5.98. The lowest BCUT2D eigenvalue weighted by Crippen LogP contribution is -2.39. The molecule has 2 aliphatic rings. The van der Waals surface area contributed by atoms with Gasteiger partial charge >= 0.3 is 0 Å². The van der Waals surface area contributed by atoms with E-state index >= 15 is 0 Å². The van der Waals surface area contributed by atoms with E-state index in [1.165, 1.54) is 18.2 Å². The normalized spacial score (nSPS) is 18.4. The molecule has 2 aromatic carbocycles. The van der Waals surface area contributed by atoms with Gasteiger partial charge in [-0.1, -0.05) is 18.2 Å². The second-order valence-electron chi connectivity index (χ2n) is 6.59. The molecule has 0 radical (unpaired) electrons. The number of ether oxygens (including phenoxy) is 1. The number of amides is 2. The van der Waals surface area contributed by atoms with Crippen molar-refractivity contribution >= 4 is 23.2 Å². The first kappa shape index (κ1) is 16.6. The molecule has 2 heterocycles. The molecule has 134 valence electrons. The van der Waals surface area contributed by atoms with E-state index in [-0.39, 0.29) is 24.2 Å². The maximum Gasteiger partial charge on any atom is 0.227 e. The Morgan fingerprint density at radius 2 is 2.12 bits per heavy atom. The van der Waals surface area contributed by atoms with Gasteiger partial charge in [-0.15, -0.1) is 0 Å². The standard InChI is InChI=1S/C20H19FN2O3/c21-15-6-7-18-17(12-15)23(9-10-26-18)19(24)8-5-14-11-13-3-1-2-4-16(13)22-20(14)25/h1-4,6-7,12,14H,5,8-11H2,(H,22,25). The van der Waals surface area contributed by atoms with Crippen molar-refractivity contribution in [2.45, 2.75) is 19.3 Å². The van der Waals surface area contributed by atoms with Gasteiger partial charge in [-0.3, -0.25) is 9.59 Å². The van der Waals surface area contributed by atoms with Crippen molar-refractivity contribution in [3.63, 3.8) is 0 Å². The van der Waals surface area contributed by atoms with Gasteiger partial charge in [-0.05, 0) is 36.6 Å². The topological polar surface area (TPSA) is 58.6 Å². The van der Waals surface area contributed by atoms with Gasteiger partial charge in [0.05, 0.1) is 12.2 Å². The average molecular weight is 354 g/mol. The molecule has 0 aliphatic carbocycles. The molecule has 0 bridgehead atoms. The van der Waals surface area contributed by atoms with E-state index < -0.39 is 5.82 Å². The minimum absolute atomic E-state index is 0.0510. The van der Waals surface area contributed by atoms with Crippen LogP contribution in [0.2, 0.25) is 0 Å². The Hall–Kier alpha value is -2.89. The van der Waals surface area contributed by atoms with Crippen LogP contribution in [-0.2, 0) is 16.0 Å². The molecule has 2 aromatic rings. The Morgan fingerprint density at radius 3 is 3.00 bits per heavy atom. The lowest BCUT2D eigenvalue weighted by molar-refractivity contribution is -0.121. The van der Waals surface area contributed by atoms with Gasteiger partial charge < -0.3 is 15.0 Å². The SMILES string of the molecule is O=C1Nc2ccccc2CC1CCC(=O)N1CCOc2ccc(F)cc21. The molecule has 0 saturated heterocycles. The van der Waals surface area contributed by atoms with E-state index in [0.717, 1.165) is 11.3 Å². The third-order valence-electron chi connectivity index (χ3n) is 4.90. The number of hydrogen-bond donors (Lipinski definition) is 1. The zero-order valence-electron chi connectivity index (χ0n) is 14.2. The number of benzene rings is 2. The van der Waals surface area contributed by atoms with Crippen LogP contribution in [0.25, 0.3) is 0 Å². The summed E-state index contributed by atoms with van der Waals surface area (Å²) in [5.41, 5.74) is 2.39. The summed E-state index contributed by atoms with van der Waals surface area (Å²) in [6.45, 7) is 0.761. The maximum atomic E-state index is 13.6. The summed E-state index contributed by atoms with van der Waals surface area (Å²) in [5.74, 6) is -0.302. The number of rotatable bonds is 3. The van der Waals surface area contributed by atoms with Gasteiger partial charge in [-0.25, -0.2) is 4.39 Å². The van der Waals surface area contributed by atoms with E-state index in [1.54, 1.807) is 4.90 Å². The quantitative estimate of drug-likeness (QED) is 0.921. The minimum atomic E-state index is -0.407. The van der Waals surface area contributed by atoms with Crippen LogP contribution < -0.4 is 15.0 Å². The summed E-state index contributed by atoms with van der Waals surface area (Å²) in [5, 5.41) is 2.90. The van der Waals surface area contributed by atoms with Crippen LogP contribution in [0.5, 0.6) is 5.75 Å². The smallest absolute Gasteiger partial charge is 0.227 e. The van der Waals surface area contributed by atoms with Gasteiger partial charge in [0, 0.05) is 24.1 Å². The number of hydrogen-bond acceptors (Lipinski definition) is 3. The van der Waals surface area contributed by atoms with Crippen LogP contribution in [-0.4, -0.2) is 25.0 Å². The van der Waals surface area contributed by atoms with Crippen molar-refractivity contribution in [1.82, 2.24) is 0 Å². The molecule has 0 aromatic heterocycles. The number of anilines is 2. The summed E-state index contributed by atoms with van der Waals surface area (Å²) in [4.78, 5) is 26.5. The Balaban J connectivity index is 1.44. The van der Waals surface area contributed by atoms with E-state index in [0.29, 0.717) is 37.4 Å². The predicted molar refractivity (Wildman–Crippen MR) is 95.7 cm³/mol. The van der Waals surface area contributed by atoms with Crippen molar-refractivity contribution in [2.75, 3.05) is 23.4 Å². The van der Waals surface area contributed by atoms with Gasteiger partial charge in [0.15, 0.2) is 0 Å². The first-order chi connectivity index (χ1) is 12.6. The molecule has 0 fully saturated rings. The van der Waals surface area contributed by atoms with Crippen LogP contribution in [0.4, 0.5) is 15.8 Å². The molecule has 1 N–H and O–H groups in total. The van der Waals surface area contributed by atoms with Crippen molar-refractivity contribution in [1.29, 1.82) is 0 Å². The molecular weight excluding hydrogens is 335 g/mol. The fourth-order valence-corrected chi connectivity index (χ4v) is 3.53. The van der Waals surface area contributed by atoms with Gasteiger partial charge in [0.1, 0.15) is 18.2 Å². The number of nitrogens with zero attached hydrogens (tertiary/aromatic N) is 1. The fourth-order valence-electron chi connectivity index (χ4n) is 3.53. The monoisotopic (exact) mass is 354 g/mol. The second kappa shape index (κ2) is 6.78. The zero-order chi connectivity index (χ0) is 18.1. The zero-order valence-corrected chi connectivity index (χ0v) is 14.2. The Labute approximate surface area is 150 Å². The van der Waals surface area contributed by atoms with Crippen LogP contribution in [0.1, 0.15) is 18.4 Å². The van der Waals surface area contributed by atoms with Crippen molar-refractivity contribution in [2.24, 2.45) is 5.92 Å². The molecule has 1 unspecified atom stereocenters. The maximum absolute atomic E-state index is 13.6. The lowest BCUT2D eigenvalue weighted by atomic mass is 9.89. The first-order valence-corrected chi connectivity index (χ1v) is 8.73. The molecule has 1 atom stereocenters. The molecule has 26 heavy (non-hydrogen) atoms. The number of carbonyl (C=O) groups is 2. The van der Waals surface area contributed by atoms with Gasteiger partial charge in [0.25, 0.3) is 0 Å². The Morgan fingerprint density at radius 1 is 1.27 bits per heavy atom. The number of nitrogens with one attached hydrogen (secondary N) is 1. The summed E-state index contributed by atoms with van der Waals surface area (Å²) in [6, 6.07) is 11.9. The Kier molecular flexibility index (Phi) is 4.32. The first-order valence-electron chi connectivity index (χ1n) is 8.73. The van der Waals surface area contributed by atoms with E-state index in [1.807, 2.05) is 24.3 Å². The number of carbonyl (C=O) groups excluding carboxylic acids is 2. The summed E-state index contributed by atoms with van der Waals surface area (Å²) < 4.78 is 19.0. The molecule has 4 rings (SSSR count). The van der Waals surface area contributed by atoms with Crippen molar-refractivity contribution < 1.29 is 18.7 Å². The predicted octanol–water partition coefficient (Wildman–Crippen LogP) is 3.14. The molecule has 6 heteroatoms. The van der Waals surface area contributed by atoms with Crippen molar-refractivity contribution in [3.05, 3.63) is 53.8 Å². The summed E-state index contributed by atoms with van der Waals surface area (Å²) >= 11 is 0. The van der Waals surface area contributed by atoms with Crippen LogP contribution in [0, 0.1) is 11.7 Å². The highest BCUT2D eigenvalue weighted by atomic mass is 19.1. The lowest BCUT2D eigenvalue weighted by Gasteiger charge is -2.30. The van der Waals surface area contributed by atoms with E-state index in [2.05, 4.69) is 5.32 Å². The minimum Gasteiger partial charge on any atom is -0.490 e. The average Bonchev–Trinajstić information content (AvgIpc) is 2.65. The summed E-state index contributed by atoms with van der Waals surface area (Å²) in [6.07, 6.45) is 1.32. The third-order valence-corrected chi connectivity index (χ3v) is 4.90. The second-order valence-corrected chi connectivity index (χ2v) is 6.59. The molecule has 5 nitrogen and oxygen atoms in total.